The van der Waals surface area contributed by atoms with E-state index in [-0.39, 0.29) is 9.92 Å². The van der Waals surface area contributed by atoms with E-state index in [1.54, 1.807) is 12.1 Å². The van der Waals surface area contributed by atoms with Gasteiger partial charge in [0.05, 0.1) is 5.02 Å². The highest BCUT2D eigenvalue weighted by Gasteiger charge is 2.18. The van der Waals surface area contributed by atoms with E-state index in [4.69, 9.17) is 11.6 Å². The van der Waals surface area contributed by atoms with E-state index < -0.39 is 10.0 Å². The van der Waals surface area contributed by atoms with E-state index in [9.17, 15) is 8.42 Å². The number of benzene rings is 2. The first-order valence-electron chi connectivity index (χ1n) is 6.48. The van der Waals surface area contributed by atoms with Gasteiger partial charge in [-0.1, -0.05) is 48.0 Å². The van der Waals surface area contributed by atoms with Gasteiger partial charge in [-0.2, -0.15) is 0 Å². The highest BCUT2D eigenvalue weighted by molar-refractivity contribution is 9.10. The van der Waals surface area contributed by atoms with Crippen LogP contribution >= 0.6 is 27.5 Å². The smallest absolute Gasteiger partial charge is 0.211 e. The van der Waals surface area contributed by atoms with Crippen molar-refractivity contribution in [3.63, 3.8) is 0 Å². The maximum Gasteiger partial charge on any atom is 0.242 e. The van der Waals surface area contributed by atoms with Crippen LogP contribution in [0.25, 0.3) is 0 Å². The third-order valence-electron chi connectivity index (χ3n) is 2.98. The Labute approximate surface area is 138 Å². The van der Waals surface area contributed by atoms with Crippen LogP contribution in [0.15, 0.2) is 57.9 Å². The molecule has 0 unspecified atom stereocenters. The Hall–Kier alpha value is -0.880. The maximum atomic E-state index is 12.2. The monoisotopic (exact) mass is 387 g/mol. The Morgan fingerprint density at radius 2 is 1.76 bits per heavy atom. The summed E-state index contributed by atoms with van der Waals surface area (Å²) in [7, 11) is -3.58. The summed E-state index contributed by atoms with van der Waals surface area (Å²) < 4.78 is 27.5. The van der Waals surface area contributed by atoms with Crippen LogP contribution < -0.4 is 4.72 Å². The third kappa shape index (κ3) is 4.54. The van der Waals surface area contributed by atoms with Gasteiger partial charge in [-0.25, -0.2) is 13.1 Å². The molecule has 0 saturated carbocycles. The van der Waals surface area contributed by atoms with Gasteiger partial charge in [0.15, 0.2) is 0 Å². The Balaban J connectivity index is 1.94. The van der Waals surface area contributed by atoms with Gasteiger partial charge >= 0.3 is 0 Å². The molecular weight excluding hydrogens is 374 g/mol. The second kappa shape index (κ2) is 7.40. The number of nitrogens with one attached hydrogen (secondary N) is 1. The normalized spacial score (nSPS) is 11.5. The lowest BCUT2D eigenvalue weighted by molar-refractivity contribution is 0.579. The van der Waals surface area contributed by atoms with Crippen molar-refractivity contribution in [3.05, 3.63) is 63.6 Å². The largest absolute Gasteiger partial charge is 0.242 e. The van der Waals surface area contributed by atoms with Gasteiger partial charge in [0.1, 0.15) is 4.90 Å². The SMILES string of the molecule is O=S(=O)(NCCCc1ccccc1)c1cccc(Br)c1Cl. The Morgan fingerprint density at radius 1 is 1.05 bits per heavy atom. The summed E-state index contributed by atoms with van der Waals surface area (Å²) in [5, 5.41) is 0.202. The van der Waals surface area contributed by atoms with Crippen LogP contribution in [-0.2, 0) is 16.4 Å². The molecule has 1 N–H and O–H groups in total. The van der Waals surface area contributed by atoms with Crippen LogP contribution in [0.5, 0.6) is 0 Å². The minimum absolute atomic E-state index is 0.0956. The molecule has 0 bridgehead atoms. The fourth-order valence-corrected chi connectivity index (χ4v) is 4.01. The summed E-state index contributed by atoms with van der Waals surface area (Å²) in [6.07, 6.45) is 1.56. The number of sulfonamides is 1. The van der Waals surface area contributed by atoms with Crippen LogP contribution in [-0.4, -0.2) is 15.0 Å². The lowest BCUT2D eigenvalue weighted by Crippen LogP contribution is -2.25. The first-order valence-corrected chi connectivity index (χ1v) is 9.14. The van der Waals surface area contributed by atoms with E-state index >= 15 is 0 Å². The molecule has 2 aromatic carbocycles. The van der Waals surface area contributed by atoms with Crippen LogP contribution in [0, 0.1) is 0 Å². The molecule has 21 heavy (non-hydrogen) atoms. The number of aryl methyl sites for hydroxylation is 1. The quantitative estimate of drug-likeness (QED) is 0.760. The van der Waals surface area contributed by atoms with Crippen molar-refractivity contribution >= 4 is 37.6 Å². The van der Waals surface area contributed by atoms with E-state index in [0.717, 1.165) is 12.8 Å². The summed E-state index contributed by atoms with van der Waals surface area (Å²) in [6, 6.07) is 14.8. The summed E-state index contributed by atoms with van der Waals surface area (Å²) >= 11 is 9.25. The third-order valence-corrected chi connectivity index (χ3v) is 5.89. The van der Waals surface area contributed by atoms with Crippen molar-refractivity contribution in [2.24, 2.45) is 0 Å². The number of hydrogen-bond donors (Lipinski definition) is 1. The highest BCUT2D eigenvalue weighted by Crippen LogP contribution is 2.29. The molecular formula is C15H15BrClNO2S. The Morgan fingerprint density at radius 3 is 2.48 bits per heavy atom. The van der Waals surface area contributed by atoms with Gasteiger partial charge in [-0.15, -0.1) is 0 Å². The lowest BCUT2D eigenvalue weighted by Gasteiger charge is -2.09. The molecule has 0 aromatic heterocycles. The van der Waals surface area contributed by atoms with E-state index in [2.05, 4.69) is 20.7 Å². The first-order chi connectivity index (χ1) is 10.0. The average Bonchev–Trinajstić information content (AvgIpc) is 2.47. The molecule has 0 atom stereocenters. The van der Waals surface area contributed by atoms with Crippen molar-refractivity contribution in [2.75, 3.05) is 6.54 Å². The van der Waals surface area contributed by atoms with Crippen LogP contribution in [0.1, 0.15) is 12.0 Å². The van der Waals surface area contributed by atoms with Crippen molar-refractivity contribution < 1.29 is 8.42 Å². The zero-order valence-electron chi connectivity index (χ0n) is 11.2. The molecule has 2 aromatic rings. The molecule has 0 heterocycles. The maximum absolute atomic E-state index is 12.2. The van der Waals surface area contributed by atoms with Gasteiger partial charge in [-0.3, -0.25) is 0 Å². The molecule has 112 valence electrons. The van der Waals surface area contributed by atoms with Crippen LogP contribution in [0.2, 0.25) is 5.02 Å². The molecule has 0 aliphatic rings. The number of halogens is 2. The standard InChI is InChI=1S/C15H15BrClNO2S/c16-13-9-4-10-14(15(13)17)21(19,20)18-11-5-8-12-6-2-1-3-7-12/h1-4,6-7,9-10,18H,5,8,11H2. The Kier molecular flexibility index (Phi) is 5.81. The van der Waals surface area contributed by atoms with Crippen molar-refractivity contribution in [1.82, 2.24) is 4.72 Å². The average molecular weight is 389 g/mol. The zero-order valence-corrected chi connectivity index (χ0v) is 14.4. The van der Waals surface area contributed by atoms with E-state index in [1.165, 1.54) is 11.6 Å². The molecule has 0 fully saturated rings. The van der Waals surface area contributed by atoms with E-state index in [1.807, 2.05) is 30.3 Å². The van der Waals surface area contributed by atoms with Gasteiger partial charge in [0, 0.05) is 11.0 Å². The van der Waals surface area contributed by atoms with Crippen LogP contribution in [0.3, 0.4) is 0 Å². The van der Waals surface area contributed by atoms with Crippen LogP contribution in [0.4, 0.5) is 0 Å². The molecule has 0 aliphatic heterocycles. The molecule has 0 spiro atoms. The summed E-state index contributed by atoms with van der Waals surface area (Å²) in [5.41, 5.74) is 1.19. The van der Waals surface area contributed by atoms with Gasteiger partial charge in [-0.05, 0) is 46.5 Å². The molecule has 2 rings (SSSR count). The molecule has 6 heteroatoms. The highest BCUT2D eigenvalue weighted by atomic mass is 79.9. The second-order valence-electron chi connectivity index (χ2n) is 4.54. The van der Waals surface area contributed by atoms with Gasteiger partial charge in [0.2, 0.25) is 10.0 Å². The fourth-order valence-electron chi connectivity index (χ4n) is 1.91. The zero-order chi connectivity index (χ0) is 15.3. The number of rotatable bonds is 6. The lowest BCUT2D eigenvalue weighted by atomic mass is 10.1. The number of hydrogen-bond acceptors (Lipinski definition) is 2. The van der Waals surface area contributed by atoms with Gasteiger partial charge in [0.25, 0.3) is 0 Å². The second-order valence-corrected chi connectivity index (χ2v) is 7.51. The topological polar surface area (TPSA) is 46.2 Å². The van der Waals surface area contributed by atoms with Crippen molar-refractivity contribution in [1.29, 1.82) is 0 Å². The Bertz CT molecular complexity index is 705. The summed E-state index contributed by atoms with van der Waals surface area (Å²) in [6.45, 7) is 0.375. The van der Waals surface area contributed by atoms with Crippen molar-refractivity contribution in [3.8, 4) is 0 Å². The molecule has 0 aliphatic carbocycles. The molecule has 0 amide bonds. The minimum atomic E-state index is -3.58. The molecule has 0 radical (unpaired) electrons. The molecule has 0 saturated heterocycles. The fraction of sp³-hybridized carbons (Fsp3) is 0.200. The minimum Gasteiger partial charge on any atom is -0.211 e. The van der Waals surface area contributed by atoms with Crippen molar-refractivity contribution in [2.45, 2.75) is 17.7 Å². The molecule has 3 nitrogen and oxygen atoms in total. The summed E-state index contributed by atoms with van der Waals surface area (Å²) in [5.74, 6) is 0. The summed E-state index contributed by atoms with van der Waals surface area (Å²) in [4.78, 5) is 0.0956. The first kappa shape index (κ1) is 16.5. The van der Waals surface area contributed by atoms with Gasteiger partial charge < -0.3 is 0 Å². The van der Waals surface area contributed by atoms with E-state index in [0.29, 0.717) is 11.0 Å². The predicted molar refractivity (Wildman–Crippen MR) is 89.1 cm³/mol. The predicted octanol–water partition coefficient (Wildman–Crippen LogP) is 4.01.